The molecule has 1 aromatic carbocycles. The van der Waals surface area contributed by atoms with Crippen LogP contribution >= 0.6 is 15.9 Å². The number of carbonyl (C=O) groups excluding carboxylic acids is 1. The molecule has 0 aliphatic carbocycles. The Bertz CT molecular complexity index is 379. The molecule has 19 heavy (non-hydrogen) atoms. The maximum absolute atomic E-state index is 11.5. The second kappa shape index (κ2) is 8.93. The lowest BCUT2D eigenvalue weighted by molar-refractivity contribution is -0.123. The number of amides is 1. The highest BCUT2D eigenvalue weighted by molar-refractivity contribution is 9.10. The van der Waals surface area contributed by atoms with Crippen LogP contribution in [0.4, 0.5) is 0 Å². The van der Waals surface area contributed by atoms with E-state index in [2.05, 4.69) is 21.2 Å². The molecule has 0 saturated heterocycles. The first kappa shape index (κ1) is 16.0. The van der Waals surface area contributed by atoms with Gasteiger partial charge < -0.3 is 14.8 Å². The van der Waals surface area contributed by atoms with E-state index in [9.17, 15) is 4.79 Å². The van der Waals surface area contributed by atoms with Crippen molar-refractivity contribution in [3.05, 3.63) is 28.7 Å². The summed E-state index contributed by atoms with van der Waals surface area (Å²) in [6.07, 6.45) is 1.04. The van der Waals surface area contributed by atoms with E-state index in [1.165, 1.54) is 0 Å². The number of hydrogen-bond donors (Lipinski definition) is 1. The van der Waals surface area contributed by atoms with Gasteiger partial charge in [0.2, 0.25) is 0 Å². The van der Waals surface area contributed by atoms with Crippen molar-refractivity contribution in [2.24, 2.45) is 0 Å². The molecule has 1 rings (SSSR count). The van der Waals surface area contributed by atoms with Gasteiger partial charge in [0.25, 0.3) is 5.91 Å². The molecule has 0 aliphatic rings. The van der Waals surface area contributed by atoms with Gasteiger partial charge in [-0.2, -0.15) is 0 Å². The SMILES string of the molecule is CC(C)OCCCNC(=O)COc1ccc(Br)cc1. The molecule has 4 nitrogen and oxygen atoms in total. The molecule has 0 bridgehead atoms. The molecule has 0 fully saturated rings. The van der Waals surface area contributed by atoms with E-state index in [0.29, 0.717) is 18.9 Å². The molecule has 0 radical (unpaired) electrons. The summed E-state index contributed by atoms with van der Waals surface area (Å²) in [5, 5.41) is 2.78. The first-order valence-electron chi connectivity index (χ1n) is 6.34. The highest BCUT2D eigenvalue weighted by Gasteiger charge is 2.02. The number of ether oxygens (including phenoxy) is 2. The van der Waals surface area contributed by atoms with Crippen LogP contribution in [0, 0.1) is 0 Å². The van der Waals surface area contributed by atoms with Crippen molar-refractivity contribution in [1.82, 2.24) is 5.32 Å². The summed E-state index contributed by atoms with van der Waals surface area (Å²) in [4.78, 5) is 11.5. The van der Waals surface area contributed by atoms with Crippen molar-refractivity contribution in [2.45, 2.75) is 26.4 Å². The Morgan fingerprint density at radius 1 is 1.32 bits per heavy atom. The summed E-state index contributed by atoms with van der Waals surface area (Å²) in [6, 6.07) is 7.37. The Kier molecular flexibility index (Phi) is 7.52. The predicted molar refractivity (Wildman–Crippen MR) is 78.4 cm³/mol. The largest absolute Gasteiger partial charge is 0.484 e. The molecule has 0 unspecified atom stereocenters. The molecule has 0 spiro atoms. The minimum absolute atomic E-state index is 0.0344. The molecule has 5 heteroatoms. The average molecular weight is 330 g/mol. The first-order valence-corrected chi connectivity index (χ1v) is 7.14. The van der Waals surface area contributed by atoms with Crippen molar-refractivity contribution >= 4 is 21.8 Å². The van der Waals surface area contributed by atoms with Gasteiger partial charge in [-0.05, 0) is 44.5 Å². The summed E-state index contributed by atoms with van der Waals surface area (Å²) in [7, 11) is 0. The minimum Gasteiger partial charge on any atom is -0.484 e. The smallest absolute Gasteiger partial charge is 0.257 e. The van der Waals surface area contributed by atoms with Gasteiger partial charge in [0, 0.05) is 17.6 Å². The second-order valence-corrected chi connectivity index (χ2v) is 5.28. The topological polar surface area (TPSA) is 47.6 Å². The number of halogens is 1. The molecule has 0 aromatic heterocycles. The van der Waals surface area contributed by atoms with Crippen LogP contribution in [-0.2, 0) is 9.53 Å². The van der Waals surface area contributed by atoms with Crippen LogP contribution in [0.15, 0.2) is 28.7 Å². The maximum Gasteiger partial charge on any atom is 0.257 e. The Labute approximate surface area is 122 Å². The van der Waals surface area contributed by atoms with Gasteiger partial charge in [-0.3, -0.25) is 4.79 Å². The Morgan fingerprint density at radius 3 is 2.63 bits per heavy atom. The highest BCUT2D eigenvalue weighted by Crippen LogP contribution is 2.15. The number of hydrogen-bond acceptors (Lipinski definition) is 3. The van der Waals surface area contributed by atoms with Gasteiger partial charge in [-0.25, -0.2) is 0 Å². The lowest BCUT2D eigenvalue weighted by atomic mass is 10.3. The molecule has 0 heterocycles. The number of rotatable bonds is 8. The Hall–Kier alpha value is -1.07. The zero-order chi connectivity index (χ0) is 14.1. The molecule has 106 valence electrons. The van der Waals surface area contributed by atoms with Crippen LogP contribution in [0.25, 0.3) is 0 Å². The van der Waals surface area contributed by atoms with E-state index in [1.807, 2.05) is 38.1 Å². The third-order valence-corrected chi connectivity index (χ3v) is 2.81. The van der Waals surface area contributed by atoms with Crippen LogP contribution in [0.5, 0.6) is 5.75 Å². The number of benzene rings is 1. The normalized spacial score (nSPS) is 10.5. The summed E-state index contributed by atoms with van der Waals surface area (Å²) in [5.41, 5.74) is 0. The van der Waals surface area contributed by atoms with E-state index >= 15 is 0 Å². The summed E-state index contributed by atoms with van der Waals surface area (Å²) in [5.74, 6) is 0.564. The van der Waals surface area contributed by atoms with Crippen LogP contribution in [0.3, 0.4) is 0 Å². The lowest BCUT2D eigenvalue weighted by Gasteiger charge is -2.09. The van der Waals surface area contributed by atoms with Gasteiger partial charge >= 0.3 is 0 Å². The van der Waals surface area contributed by atoms with E-state index < -0.39 is 0 Å². The minimum atomic E-state index is -0.118. The standard InChI is InChI=1S/C14H20BrNO3/c1-11(2)18-9-3-8-16-14(17)10-19-13-6-4-12(15)5-7-13/h4-7,11H,3,8-10H2,1-2H3,(H,16,17). The fraction of sp³-hybridized carbons (Fsp3) is 0.500. The maximum atomic E-state index is 11.5. The average Bonchev–Trinajstić information content (AvgIpc) is 2.37. The summed E-state index contributed by atoms with van der Waals surface area (Å²) in [6.45, 7) is 5.28. The van der Waals surface area contributed by atoms with Crippen molar-refractivity contribution in [3.8, 4) is 5.75 Å². The van der Waals surface area contributed by atoms with Crippen molar-refractivity contribution in [2.75, 3.05) is 19.8 Å². The Balaban J connectivity index is 2.09. The van der Waals surface area contributed by atoms with E-state index in [1.54, 1.807) is 0 Å². The van der Waals surface area contributed by atoms with Crippen molar-refractivity contribution < 1.29 is 14.3 Å². The van der Waals surface area contributed by atoms with E-state index in [4.69, 9.17) is 9.47 Å². The molecular formula is C14H20BrNO3. The van der Waals surface area contributed by atoms with Crippen molar-refractivity contribution in [1.29, 1.82) is 0 Å². The second-order valence-electron chi connectivity index (χ2n) is 4.37. The molecular weight excluding hydrogens is 310 g/mol. The zero-order valence-corrected chi connectivity index (χ0v) is 12.9. The van der Waals surface area contributed by atoms with E-state index in [0.717, 1.165) is 10.9 Å². The van der Waals surface area contributed by atoms with Gasteiger partial charge in [0.15, 0.2) is 6.61 Å². The van der Waals surface area contributed by atoms with Crippen LogP contribution in [0.1, 0.15) is 20.3 Å². The highest BCUT2D eigenvalue weighted by atomic mass is 79.9. The molecule has 1 aromatic rings. The monoisotopic (exact) mass is 329 g/mol. The number of nitrogens with one attached hydrogen (secondary N) is 1. The van der Waals surface area contributed by atoms with Crippen LogP contribution < -0.4 is 10.1 Å². The third-order valence-electron chi connectivity index (χ3n) is 2.28. The van der Waals surface area contributed by atoms with Crippen LogP contribution in [0.2, 0.25) is 0 Å². The fourth-order valence-corrected chi connectivity index (χ4v) is 1.61. The molecule has 1 N–H and O–H groups in total. The fourth-order valence-electron chi connectivity index (χ4n) is 1.35. The van der Waals surface area contributed by atoms with Gasteiger partial charge in [0.1, 0.15) is 5.75 Å². The lowest BCUT2D eigenvalue weighted by Crippen LogP contribution is -2.30. The van der Waals surface area contributed by atoms with Crippen LogP contribution in [-0.4, -0.2) is 31.8 Å². The molecule has 0 saturated carbocycles. The van der Waals surface area contributed by atoms with Gasteiger partial charge in [-0.1, -0.05) is 15.9 Å². The zero-order valence-electron chi connectivity index (χ0n) is 11.3. The molecule has 0 aliphatic heterocycles. The quantitative estimate of drug-likeness (QED) is 0.746. The van der Waals surface area contributed by atoms with E-state index in [-0.39, 0.29) is 18.6 Å². The summed E-state index contributed by atoms with van der Waals surface area (Å²) < 4.78 is 11.7. The summed E-state index contributed by atoms with van der Waals surface area (Å²) >= 11 is 3.34. The number of carbonyl (C=O) groups is 1. The molecule has 1 amide bonds. The predicted octanol–water partition coefficient (Wildman–Crippen LogP) is 2.76. The van der Waals surface area contributed by atoms with Gasteiger partial charge in [0.05, 0.1) is 6.10 Å². The Morgan fingerprint density at radius 2 is 2.00 bits per heavy atom. The van der Waals surface area contributed by atoms with Crippen molar-refractivity contribution in [3.63, 3.8) is 0 Å². The van der Waals surface area contributed by atoms with Gasteiger partial charge in [-0.15, -0.1) is 0 Å². The first-order chi connectivity index (χ1) is 9.08. The molecule has 0 atom stereocenters. The third kappa shape index (κ3) is 7.85.